The lowest BCUT2D eigenvalue weighted by Crippen LogP contribution is -2.66. The maximum Gasteiger partial charge on any atom is 0.410 e. The molecule has 2 bridgehead atoms. The molecule has 1 saturated heterocycles. The van der Waals surface area contributed by atoms with Gasteiger partial charge in [-0.25, -0.2) is 13.6 Å². The lowest BCUT2D eigenvalue weighted by Gasteiger charge is -2.51. The van der Waals surface area contributed by atoms with Crippen LogP contribution in [0.4, 0.5) is 13.6 Å². The Morgan fingerprint density at radius 2 is 2.00 bits per heavy atom. The van der Waals surface area contributed by atoms with Gasteiger partial charge in [-0.3, -0.25) is 4.79 Å². The Hall–Kier alpha value is -2.18. The maximum absolute atomic E-state index is 14.5. The van der Waals surface area contributed by atoms with Gasteiger partial charge >= 0.3 is 12.1 Å². The Labute approximate surface area is 138 Å². The number of rotatable bonds is 3. The Morgan fingerprint density at radius 3 is 2.67 bits per heavy atom. The van der Waals surface area contributed by atoms with E-state index in [1.54, 1.807) is 24.3 Å². The molecule has 24 heavy (non-hydrogen) atoms. The molecule has 2 atom stereocenters. The zero-order valence-corrected chi connectivity index (χ0v) is 13.1. The topological polar surface area (TPSA) is 66.8 Å². The second-order valence-electron chi connectivity index (χ2n) is 6.52. The second-order valence-corrected chi connectivity index (χ2v) is 6.52. The molecule has 1 heterocycles. The first-order valence-electron chi connectivity index (χ1n) is 7.94. The summed E-state index contributed by atoms with van der Waals surface area (Å²) in [7, 11) is 0. The third-order valence-electron chi connectivity index (χ3n) is 5.08. The number of carbonyl (C=O) groups excluding carboxylic acids is 1. The lowest BCUT2D eigenvalue weighted by molar-refractivity contribution is -0.230. The molecule has 7 heteroatoms. The van der Waals surface area contributed by atoms with Crippen LogP contribution in [0, 0.1) is 11.3 Å². The molecule has 1 amide bonds. The van der Waals surface area contributed by atoms with E-state index in [1.165, 1.54) is 0 Å². The molecule has 1 aromatic carbocycles. The van der Waals surface area contributed by atoms with Gasteiger partial charge in [-0.1, -0.05) is 36.8 Å². The van der Waals surface area contributed by atoms with Crippen molar-refractivity contribution in [2.75, 3.05) is 13.1 Å². The van der Waals surface area contributed by atoms with Crippen LogP contribution >= 0.6 is 0 Å². The van der Waals surface area contributed by atoms with E-state index in [0.29, 0.717) is 6.42 Å². The zero-order chi connectivity index (χ0) is 17.4. The van der Waals surface area contributed by atoms with Gasteiger partial charge in [0.2, 0.25) is 0 Å². The molecule has 0 aromatic heterocycles. The molecule has 0 spiro atoms. The number of hydrogen-bond acceptors (Lipinski definition) is 3. The number of halogens is 2. The molecule has 5 nitrogen and oxygen atoms in total. The number of nitrogens with zero attached hydrogens (tertiary/aromatic N) is 1. The van der Waals surface area contributed by atoms with Gasteiger partial charge < -0.3 is 14.7 Å². The van der Waals surface area contributed by atoms with Crippen LogP contribution in [0.5, 0.6) is 0 Å². The molecule has 3 rings (SSSR count). The number of fused-ring (bicyclic) bond motifs is 2. The van der Waals surface area contributed by atoms with Crippen LogP contribution in [0.2, 0.25) is 0 Å². The number of likely N-dealkylation sites (tertiary alicyclic amines) is 1. The van der Waals surface area contributed by atoms with E-state index < -0.39 is 35.9 Å². The molecule has 1 aliphatic carbocycles. The summed E-state index contributed by atoms with van der Waals surface area (Å²) in [6.45, 7) is -0.660. The number of piperidine rings is 1. The van der Waals surface area contributed by atoms with Crippen molar-refractivity contribution in [3.05, 3.63) is 35.9 Å². The Bertz CT molecular complexity index is 637. The van der Waals surface area contributed by atoms with E-state index in [1.807, 2.05) is 6.07 Å². The summed E-state index contributed by atoms with van der Waals surface area (Å²) >= 11 is 0. The number of carboxylic acids is 1. The highest BCUT2D eigenvalue weighted by Crippen LogP contribution is 2.54. The van der Waals surface area contributed by atoms with E-state index in [9.17, 15) is 23.5 Å². The van der Waals surface area contributed by atoms with E-state index in [0.717, 1.165) is 10.5 Å². The fraction of sp³-hybridized carbons (Fsp3) is 0.529. The van der Waals surface area contributed by atoms with Gasteiger partial charge in [-0.05, 0) is 18.4 Å². The fourth-order valence-electron chi connectivity index (χ4n) is 3.70. The minimum Gasteiger partial charge on any atom is -0.481 e. The van der Waals surface area contributed by atoms with E-state index >= 15 is 0 Å². The van der Waals surface area contributed by atoms with Gasteiger partial charge in [0.25, 0.3) is 5.92 Å². The molecule has 2 unspecified atom stereocenters. The van der Waals surface area contributed by atoms with Crippen LogP contribution in [0.3, 0.4) is 0 Å². The number of benzene rings is 1. The Balaban J connectivity index is 1.73. The third kappa shape index (κ3) is 2.61. The maximum atomic E-state index is 14.5. The predicted molar refractivity (Wildman–Crippen MR) is 80.6 cm³/mol. The lowest BCUT2D eigenvalue weighted by atomic mass is 9.63. The van der Waals surface area contributed by atoms with E-state index in [2.05, 4.69) is 0 Å². The fourth-order valence-corrected chi connectivity index (χ4v) is 3.70. The summed E-state index contributed by atoms with van der Waals surface area (Å²) in [5.74, 6) is -5.99. The van der Waals surface area contributed by atoms with Crippen molar-refractivity contribution in [2.24, 2.45) is 11.3 Å². The van der Waals surface area contributed by atoms with Crippen molar-refractivity contribution in [3.63, 3.8) is 0 Å². The van der Waals surface area contributed by atoms with Crippen LogP contribution in [-0.2, 0) is 16.1 Å². The normalized spacial score (nSPS) is 28.2. The highest BCUT2D eigenvalue weighted by molar-refractivity contribution is 5.79. The molecule has 1 aromatic rings. The molecule has 130 valence electrons. The highest BCUT2D eigenvalue weighted by Gasteiger charge is 2.68. The van der Waals surface area contributed by atoms with Crippen LogP contribution in [0.15, 0.2) is 30.3 Å². The standard InChI is InChI=1S/C17H19F2NO4/c18-17(19)13-7-4-8-16(17,14(21)22)11-20(9-13)15(23)24-10-12-5-2-1-3-6-12/h1-3,5-6,13H,4,7-11H2,(H,21,22). The monoisotopic (exact) mass is 339 g/mol. The van der Waals surface area contributed by atoms with Gasteiger partial charge in [0.1, 0.15) is 12.0 Å². The Morgan fingerprint density at radius 1 is 1.29 bits per heavy atom. The van der Waals surface area contributed by atoms with Gasteiger partial charge in [0.05, 0.1) is 0 Å². The van der Waals surface area contributed by atoms with E-state index in [-0.39, 0.29) is 26.0 Å². The SMILES string of the molecule is O=C(OCc1ccccc1)N1CC2CCCC(C(=O)O)(C1)C2(F)F. The van der Waals surface area contributed by atoms with Crippen LogP contribution in [0.25, 0.3) is 0 Å². The van der Waals surface area contributed by atoms with Crippen molar-refractivity contribution in [1.82, 2.24) is 4.90 Å². The zero-order valence-electron chi connectivity index (χ0n) is 13.1. The minimum atomic E-state index is -3.31. The number of ether oxygens (including phenoxy) is 1. The first-order chi connectivity index (χ1) is 11.4. The van der Waals surface area contributed by atoms with Crippen molar-refractivity contribution in [3.8, 4) is 0 Å². The summed E-state index contributed by atoms with van der Waals surface area (Å²) in [6, 6.07) is 8.99. The third-order valence-corrected chi connectivity index (χ3v) is 5.08. The first kappa shape index (κ1) is 16.7. The summed E-state index contributed by atoms with van der Waals surface area (Å²) in [6.07, 6.45) is -0.231. The summed E-state index contributed by atoms with van der Waals surface area (Å²) < 4.78 is 34.3. The second kappa shape index (κ2) is 6.03. The number of hydrogen-bond donors (Lipinski definition) is 1. The van der Waals surface area contributed by atoms with Crippen molar-refractivity contribution < 1.29 is 28.2 Å². The van der Waals surface area contributed by atoms with E-state index in [4.69, 9.17) is 4.74 Å². The molecular formula is C17H19F2NO4. The highest BCUT2D eigenvalue weighted by atomic mass is 19.3. The van der Waals surface area contributed by atoms with Crippen molar-refractivity contribution >= 4 is 12.1 Å². The molecule has 2 aliphatic rings. The van der Waals surface area contributed by atoms with Crippen molar-refractivity contribution in [1.29, 1.82) is 0 Å². The summed E-state index contributed by atoms with van der Waals surface area (Å²) in [5.41, 5.74) is -1.43. The molecule has 1 saturated carbocycles. The molecular weight excluding hydrogens is 320 g/mol. The smallest absolute Gasteiger partial charge is 0.410 e. The molecule has 1 aliphatic heterocycles. The van der Waals surface area contributed by atoms with Crippen LogP contribution < -0.4 is 0 Å². The van der Waals surface area contributed by atoms with Crippen LogP contribution in [-0.4, -0.2) is 41.1 Å². The summed E-state index contributed by atoms with van der Waals surface area (Å²) in [5, 5.41) is 9.42. The van der Waals surface area contributed by atoms with Gasteiger partial charge in [0.15, 0.2) is 0 Å². The number of carbonyl (C=O) groups is 2. The van der Waals surface area contributed by atoms with Crippen LogP contribution in [0.1, 0.15) is 24.8 Å². The quantitative estimate of drug-likeness (QED) is 0.919. The predicted octanol–water partition coefficient (Wildman–Crippen LogP) is 3.15. The average Bonchev–Trinajstić information content (AvgIpc) is 2.52. The number of carboxylic acid groups (broad SMARTS) is 1. The number of aliphatic carboxylic acids is 1. The minimum absolute atomic E-state index is 0.0251. The number of amides is 1. The Kier molecular flexibility index (Phi) is 4.19. The largest absolute Gasteiger partial charge is 0.481 e. The molecule has 1 N–H and O–H groups in total. The van der Waals surface area contributed by atoms with Gasteiger partial charge in [0, 0.05) is 19.0 Å². The summed E-state index contributed by atoms with van der Waals surface area (Å²) in [4.78, 5) is 25.0. The first-order valence-corrected chi connectivity index (χ1v) is 7.94. The number of alkyl halides is 2. The molecule has 2 fully saturated rings. The van der Waals surface area contributed by atoms with Gasteiger partial charge in [-0.15, -0.1) is 0 Å². The average molecular weight is 339 g/mol. The van der Waals surface area contributed by atoms with Gasteiger partial charge in [-0.2, -0.15) is 0 Å². The van der Waals surface area contributed by atoms with Crippen molar-refractivity contribution in [2.45, 2.75) is 31.8 Å². The molecule has 0 radical (unpaired) electrons.